The number of aromatic nitrogens is 2. The predicted octanol–water partition coefficient (Wildman–Crippen LogP) is 12.6. The van der Waals surface area contributed by atoms with Crippen molar-refractivity contribution >= 4 is 34.4 Å². The van der Waals surface area contributed by atoms with Crippen molar-refractivity contribution in [3.63, 3.8) is 0 Å². The summed E-state index contributed by atoms with van der Waals surface area (Å²) in [7, 11) is 4.39. The van der Waals surface area contributed by atoms with Crippen molar-refractivity contribution in [1.82, 2.24) is 9.97 Å². The number of fused-ring (bicyclic) bond motifs is 4. The van der Waals surface area contributed by atoms with Gasteiger partial charge in [0.1, 0.15) is 23.8 Å². The molecule has 0 radical (unpaired) electrons. The normalized spacial score (nSPS) is 22.4. The highest BCUT2D eigenvalue weighted by atomic mass is 15.2. The van der Waals surface area contributed by atoms with Crippen LogP contribution >= 0.6 is 0 Å². The minimum absolute atomic E-state index is 0.180. The van der Waals surface area contributed by atoms with Crippen LogP contribution in [0.4, 0.5) is 23.0 Å². The van der Waals surface area contributed by atoms with Gasteiger partial charge in [-0.25, -0.2) is 9.15 Å². The van der Waals surface area contributed by atoms with Crippen LogP contribution in [0.15, 0.2) is 169 Å². The minimum atomic E-state index is -0.209. The summed E-state index contributed by atoms with van der Waals surface area (Å²) in [5, 5.41) is 0. The fourth-order valence-electron chi connectivity index (χ4n) is 12.2. The van der Waals surface area contributed by atoms with E-state index in [1.165, 1.54) is 67.6 Å². The van der Waals surface area contributed by atoms with Crippen LogP contribution in [0.1, 0.15) is 101 Å². The Morgan fingerprint density at radius 1 is 0.439 bits per heavy atom. The summed E-state index contributed by atoms with van der Waals surface area (Å²) < 4.78 is 4.66. The van der Waals surface area contributed by atoms with Crippen molar-refractivity contribution in [3.05, 3.63) is 203 Å². The summed E-state index contributed by atoms with van der Waals surface area (Å²) in [4.78, 5) is 15.1. The maximum atomic E-state index is 4.87. The lowest BCUT2D eigenvalue weighted by molar-refractivity contribution is -0.406. The fraction of sp³-hybridized carbons (Fsp3) is 0.333. The average Bonchev–Trinajstić information content (AvgIpc) is 3.86. The third-order valence-electron chi connectivity index (χ3n) is 15.7. The van der Waals surface area contributed by atoms with Crippen molar-refractivity contribution < 1.29 is 9.15 Å². The molecule has 0 bridgehead atoms. The molecule has 0 N–H and O–H groups in total. The maximum Gasteiger partial charge on any atom is 0.327 e. The number of para-hydroxylation sites is 2. The predicted molar refractivity (Wildman–Crippen MR) is 273 cm³/mol. The molecule has 0 amide bonds. The summed E-state index contributed by atoms with van der Waals surface area (Å²) in [6, 6.07) is 49.1. The Balaban J connectivity index is 0.931. The van der Waals surface area contributed by atoms with Crippen molar-refractivity contribution in [1.29, 1.82) is 0 Å². The molecule has 0 saturated heterocycles. The molecular weight excluding hydrogens is 805 g/mol. The van der Waals surface area contributed by atoms with E-state index in [1.807, 2.05) is 12.4 Å². The van der Waals surface area contributed by atoms with E-state index in [9.17, 15) is 0 Å². The molecule has 0 aliphatic carbocycles. The van der Waals surface area contributed by atoms with E-state index in [0.29, 0.717) is 0 Å². The van der Waals surface area contributed by atoms with Gasteiger partial charge in [-0.15, -0.1) is 0 Å². The third kappa shape index (κ3) is 7.15. The van der Waals surface area contributed by atoms with Gasteiger partial charge in [0.15, 0.2) is 0 Å². The monoisotopic (exact) mass is 871 g/mol. The third-order valence-corrected chi connectivity index (χ3v) is 15.7. The molecule has 0 spiro atoms. The number of unbranched alkanes of at least 4 members (excludes halogenated alkanes) is 3. The zero-order valence-corrected chi connectivity index (χ0v) is 40.4. The summed E-state index contributed by atoms with van der Waals surface area (Å²) in [6.07, 6.45) is 15.3. The molecule has 0 fully saturated rings. The Labute approximate surface area is 393 Å². The molecule has 4 aliphatic rings. The molecule has 66 heavy (non-hydrogen) atoms. The molecular formula is C60H66N6+2. The Morgan fingerprint density at radius 3 is 1.20 bits per heavy atom. The fourth-order valence-corrected chi connectivity index (χ4v) is 12.2. The van der Waals surface area contributed by atoms with E-state index in [4.69, 9.17) is 9.97 Å². The molecule has 6 nitrogen and oxygen atoms in total. The Morgan fingerprint density at radius 2 is 0.803 bits per heavy atom. The van der Waals surface area contributed by atoms with Gasteiger partial charge in [-0.05, 0) is 136 Å². The number of benzene rings is 4. The molecule has 6 heterocycles. The number of nitrogens with zero attached hydrogens (tertiary/aromatic N) is 6. The quantitative estimate of drug-likeness (QED) is 0.0856. The first-order valence-electron chi connectivity index (χ1n) is 24.2. The zero-order chi connectivity index (χ0) is 45.8. The number of hydrogen-bond donors (Lipinski definition) is 0. The minimum Gasteiger partial charge on any atom is -0.344 e. The smallest absolute Gasteiger partial charge is 0.327 e. The molecule has 4 aliphatic heterocycles. The van der Waals surface area contributed by atoms with Gasteiger partial charge in [-0.3, -0.25) is 0 Å². The van der Waals surface area contributed by atoms with Crippen LogP contribution in [-0.4, -0.2) is 57.7 Å². The number of anilines is 2. The zero-order valence-electron chi connectivity index (χ0n) is 40.4. The van der Waals surface area contributed by atoms with Crippen molar-refractivity contribution in [2.45, 2.75) is 102 Å². The highest BCUT2D eigenvalue weighted by molar-refractivity contribution is 6.05. The van der Waals surface area contributed by atoms with Crippen LogP contribution < -0.4 is 9.80 Å². The lowest BCUT2D eigenvalue weighted by Gasteiger charge is -2.32. The summed E-state index contributed by atoms with van der Waals surface area (Å²) in [6.45, 7) is 16.3. The second kappa shape index (κ2) is 16.8. The largest absolute Gasteiger partial charge is 0.344 e. The first kappa shape index (κ1) is 43.5. The number of hydrogen-bond acceptors (Lipinski definition) is 4. The number of pyridine rings is 2. The van der Waals surface area contributed by atoms with Crippen LogP contribution in [0.3, 0.4) is 0 Å². The van der Waals surface area contributed by atoms with Crippen molar-refractivity contribution in [2.75, 3.05) is 37.0 Å². The molecule has 2 unspecified atom stereocenters. The van der Waals surface area contributed by atoms with E-state index in [-0.39, 0.29) is 21.7 Å². The van der Waals surface area contributed by atoms with Gasteiger partial charge in [0.2, 0.25) is 0 Å². The molecule has 334 valence electrons. The van der Waals surface area contributed by atoms with Crippen LogP contribution in [0, 0.1) is 0 Å². The van der Waals surface area contributed by atoms with Gasteiger partial charge in [0.05, 0.1) is 36.1 Å². The maximum absolute atomic E-state index is 4.87. The second-order valence-corrected chi connectivity index (χ2v) is 20.7. The molecule has 0 saturated carbocycles. The Kier molecular flexibility index (Phi) is 11.1. The summed E-state index contributed by atoms with van der Waals surface area (Å²) >= 11 is 0. The van der Waals surface area contributed by atoms with Crippen LogP contribution in [0.2, 0.25) is 0 Å². The van der Waals surface area contributed by atoms with Crippen molar-refractivity contribution in [3.8, 4) is 0 Å². The summed E-state index contributed by atoms with van der Waals surface area (Å²) in [5.74, 6) is 2.11. The van der Waals surface area contributed by atoms with Crippen LogP contribution in [-0.2, 0) is 34.5 Å². The topological polar surface area (TPSA) is 38.3 Å². The number of rotatable bonds is 13. The molecule has 10 rings (SSSR count). The standard InChI is InChI=1S/C60H66N6/c1-57(2)47-31-23-35-61-55(47)63(7)51(57)39-53-59(5,41-43-25-13-11-14-26-43)45-29-17-19-33-49(45)65(53)37-21-9-10-22-38-66-50-34-20-18-30-46(50)60(6,42-44-27-15-12-16-28-44)54(66)40-52-58(3,4)48-32-24-36-62-56(48)64(52)8/h11-20,23-36,39-40H,9-10,21-22,37-38,41-42H2,1-8H3/q+2. The van der Waals surface area contributed by atoms with Gasteiger partial charge in [0.25, 0.3) is 0 Å². The molecule has 4 aromatic carbocycles. The SMILES string of the molecule is C[N+]1=C(C=C2N(CCCCCCN3C(=CC4=[N+](C)c5ncccc5C4(C)C)C(C)(Cc4ccccc4)c4ccccc43)c3ccccc3C2(C)Cc2ccccc2)C(C)(C)c2cccnc21. The van der Waals surface area contributed by atoms with E-state index in [2.05, 4.69) is 220 Å². The van der Waals surface area contributed by atoms with Gasteiger partial charge >= 0.3 is 11.6 Å². The van der Waals surface area contributed by atoms with E-state index < -0.39 is 0 Å². The van der Waals surface area contributed by atoms with Gasteiger partial charge in [-0.1, -0.05) is 110 Å². The molecule has 2 aromatic heterocycles. The second-order valence-electron chi connectivity index (χ2n) is 20.7. The van der Waals surface area contributed by atoms with E-state index >= 15 is 0 Å². The average molecular weight is 871 g/mol. The van der Waals surface area contributed by atoms with Crippen LogP contribution in [0.5, 0.6) is 0 Å². The number of allylic oxidation sites excluding steroid dienone is 4. The molecule has 2 atom stereocenters. The Hall–Kier alpha value is -6.40. The first-order valence-corrected chi connectivity index (χ1v) is 24.2. The van der Waals surface area contributed by atoms with Crippen molar-refractivity contribution in [2.24, 2.45) is 0 Å². The van der Waals surface area contributed by atoms with Gasteiger partial charge in [0, 0.05) is 58.8 Å². The summed E-state index contributed by atoms with van der Waals surface area (Å²) in [5.41, 5.74) is 15.4. The lowest BCUT2D eigenvalue weighted by Crippen LogP contribution is -2.35. The van der Waals surface area contributed by atoms with E-state index in [1.54, 1.807) is 0 Å². The Bertz CT molecular complexity index is 2740. The highest BCUT2D eigenvalue weighted by Gasteiger charge is 2.49. The van der Waals surface area contributed by atoms with Gasteiger partial charge in [-0.2, -0.15) is 0 Å². The lowest BCUT2D eigenvalue weighted by atomic mass is 9.74. The van der Waals surface area contributed by atoms with Gasteiger partial charge < -0.3 is 9.80 Å². The van der Waals surface area contributed by atoms with Crippen LogP contribution in [0.25, 0.3) is 0 Å². The highest BCUT2D eigenvalue weighted by Crippen LogP contribution is 2.53. The molecule has 6 aromatic rings. The van der Waals surface area contributed by atoms with E-state index in [0.717, 1.165) is 63.3 Å². The first-order chi connectivity index (χ1) is 31.8. The molecule has 6 heteroatoms.